The van der Waals surface area contributed by atoms with Gasteiger partial charge in [0, 0.05) is 26.2 Å². The number of carbonyl (C=O) groups excluding carboxylic acids is 2. The van der Waals surface area contributed by atoms with Gasteiger partial charge in [-0.05, 0) is 39.3 Å². The number of hydrogen-bond acceptors (Lipinski definition) is 5. The Morgan fingerprint density at radius 2 is 2.28 bits per heavy atom. The van der Waals surface area contributed by atoms with Gasteiger partial charge in [-0.2, -0.15) is 0 Å². The number of rotatable bonds is 9. The molecule has 140 valence electrons. The summed E-state index contributed by atoms with van der Waals surface area (Å²) >= 11 is 0. The average Bonchev–Trinajstić information content (AvgIpc) is 2.95. The molecule has 1 atom stereocenters. The molecule has 1 aromatic rings. The number of amides is 2. The standard InChI is InChI=1S/C18H29N3O4/c1-13(2)24-10-4-7-19-17(22)11-16-18(23)20-8-9-21(16)12-15-6-5-14(3)25-15/h5-6,13,16H,4,7-12H2,1-3H3,(H,19,22)(H,20,23)/t16-/m0/s1. The summed E-state index contributed by atoms with van der Waals surface area (Å²) in [6, 6.07) is 3.35. The molecule has 7 nitrogen and oxygen atoms in total. The maximum atomic E-state index is 12.2. The summed E-state index contributed by atoms with van der Waals surface area (Å²) in [4.78, 5) is 26.4. The zero-order chi connectivity index (χ0) is 18.2. The van der Waals surface area contributed by atoms with Crippen molar-refractivity contribution < 1.29 is 18.7 Å². The molecule has 1 aliphatic heterocycles. The van der Waals surface area contributed by atoms with E-state index in [0.717, 1.165) is 17.9 Å². The zero-order valence-electron chi connectivity index (χ0n) is 15.3. The van der Waals surface area contributed by atoms with Crippen molar-refractivity contribution >= 4 is 11.8 Å². The fraction of sp³-hybridized carbons (Fsp3) is 0.667. The highest BCUT2D eigenvalue weighted by atomic mass is 16.5. The van der Waals surface area contributed by atoms with Gasteiger partial charge >= 0.3 is 0 Å². The van der Waals surface area contributed by atoms with Crippen LogP contribution in [0.1, 0.15) is 38.2 Å². The maximum Gasteiger partial charge on any atom is 0.237 e. The lowest BCUT2D eigenvalue weighted by Gasteiger charge is -2.34. The minimum absolute atomic E-state index is 0.104. The van der Waals surface area contributed by atoms with Crippen molar-refractivity contribution in [2.45, 2.75) is 52.3 Å². The smallest absolute Gasteiger partial charge is 0.237 e. The van der Waals surface area contributed by atoms with Crippen LogP contribution in [0.25, 0.3) is 0 Å². The van der Waals surface area contributed by atoms with Crippen LogP contribution in [0, 0.1) is 6.92 Å². The second kappa shape index (κ2) is 9.58. The molecule has 0 aromatic carbocycles. The molecule has 7 heteroatoms. The molecule has 0 radical (unpaired) electrons. The topological polar surface area (TPSA) is 83.8 Å². The summed E-state index contributed by atoms with van der Waals surface area (Å²) in [5, 5.41) is 5.70. The molecule has 25 heavy (non-hydrogen) atoms. The number of aryl methyl sites for hydroxylation is 1. The monoisotopic (exact) mass is 351 g/mol. The van der Waals surface area contributed by atoms with E-state index in [4.69, 9.17) is 9.15 Å². The van der Waals surface area contributed by atoms with Gasteiger partial charge in [-0.3, -0.25) is 14.5 Å². The number of piperazine rings is 1. The van der Waals surface area contributed by atoms with Crippen LogP contribution >= 0.6 is 0 Å². The molecule has 1 aliphatic rings. The quantitative estimate of drug-likeness (QED) is 0.654. The van der Waals surface area contributed by atoms with E-state index in [1.807, 2.05) is 37.8 Å². The van der Waals surface area contributed by atoms with Gasteiger partial charge in [0.05, 0.1) is 25.1 Å². The van der Waals surface area contributed by atoms with Crippen LogP contribution < -0.4 is 10.6 Å². The van der Waals surface area contributed by atoms with E-state index in [0.29, 0.717) is 32.8 Å². The van der Waals surface area contributed by atoms with Gasteiger partial charge in [0.2, 0.25) is 11.8 Å². The Morgan fingerprint density at radius 1 is 1.48 bits per heavy atom. The predicted molar refractivity (Wildman–Crippen MR) is 94.0 cm³/mol. The second-order valence-corrected chi connectivity index (χ2v) is 6.62. The summed E-state index contributed by atoms with van der Waals surface area (Å²) in [5.74, 6) is 1.43. The van der Waals surface area contributed by atoms with Gasteiger partial charge in [0.1, 0.15) is 11.5 Å². The molecule has 0 unspecified atom stereocenters. The molecule has 0 saturated carbocycles. The largest absolute Gasteiger partial charge is 0.465 e. The molecule has 0 bridgehead atoms. The first-order valence-electron chi connectivity index (χ1n) is 8.91. The second-order valence-electron chi connectivity index (χ2n) is 6.62. The lowest BCUT2D eigenvalue weighted by molar-refractivity contribution is -0.134. The molecule has 2 N–H and O–H groups in total. The Bertz CT molecular complexity index is 570. The van der Waals surface area contributed by atoms with E-state index in [1.165, 1.54) is 0 Å². The fourth-order valence-electron chi connectivity index (χ4n) is 2.81. The van der Waals surface area contributed by atoms with Crippen LogP contribution in [0.4, 0.5) is 0 Å². The number of furan rings is 1. The molecule has 1 saturated heterocycles. The third kappa shape index (κ3) is 6.51. The van der Waals surface area contributed by atoms with E-state index in [9.17, 15) is 9.59 Å². The van der Waals surface area contributed by atoms with Crippen molar-refractivity contribution in [2.75, 3.05) is 26.2 Å². The molecule has 1 fully saturated rings. The van der Waals surface area contributed by atoms with Gasteiger partial charge in [0.15, 0.2) is 0 Å². The zero-order valence-corrected chi connectivity index (χ0v) is 15.3. The summed E-state index contributed by atoms with van der Waals surface area (Å²) in [7, 11) is 0. The van der Waals surface area contributed by atoms with Gasteiger partial charge in [-0.25, -0.2) is 0 Å². The first-order valence-corrected chi connectivity index (χ1v) is 8.91. The van der Waals surface area contributed by atoms with Crippen molar-refractivity contribution in [2.24, 2.45) is 0 Å². The van der Waals surface area contributed by atoms with E-state index in [-0.39, 0.29) is 24.3 Å². The third-order valence-electron chi connectivity index (χ3n) is 4.07. The van der Waals surface area contributed by atoms with Gasteiger partial charge in [-0.15, -0.1) is 0 Å². The van der Waals surface area contributed by atoms with Crippen LogP contribution in [0.15, 0.2) is 16.5 Å². The lowest BCUT2D eigenvalue weighted by atomic mass is 10.1. The molecule has 2 heterocycles. The SMILES string of the molecule is Cc1ccc(CN2CCNC(=O)[C@@H]2CC(=O)NCCCOC(C)C)o1. The van der Waals surface area contributed by atoms with E-state index in [1.54, 1.807) is 0 Å². The van der Waals surface area contributed by atoms with Crippen LogP contribution in [0.5, 0.6) is 0 Å². The van der Waals surface area contributed by atoms with Crippen molar-refractivity contribution in [1.29, 1.82) is 0 Å². The molecule has 0 spiro atoms. The number of carbonyl (C=O) groups is 2. The summed E-state index contributed by atoms with van der Waals surface area (Å²) in [6.07, 6.45) is 1.10. The first kappa shape index (κ1) is 19.5. The van der Waals surface area contributed by atoms with Crippen LogP contribution in [0.2, 0.25) is 0 Å². The molecule has 2 amide bonds. The van der Waals surface area contributed by atoms with Gasteiger partial charge in [-0.1, -0.05) is 0 Å². The number of ether oxygens (including phenoxy) is 1. The Morgan fingerprint density at radius 3 is 2.96 bits per heavy atom. The average molecular weight is 351 g/mol. The summed E-state index contributed by atoms with van der Waals surface area (Å²) in [5.41, 5.74) is 0. The van der Waals surface area contributed by atoms with Crippen LogP contribution in [0.3, 0.4) is 0 Å². The Hall–Kier alpha value is -1.86. The van der Waals surface area contributed by atoms with Crippen molar-refractivity contribution in [3.63, 3.8) is 0 Å². The Labute approximate surface area is 149 Å². The number of nitrogens with one attached hydrogen (secondary N) is 2. The summed E-state index contributed by atoms with van der Waals surface area (Å²) in [6.45, 7) is 8.84. The van der Waals surface area contributed by atoms with E-state index in [2.05, 4.69) is 10.6 Å². The molecular weight excluding hydrogens is 322 g/mol. The predicted octanol–water partition coefficient (Wildman–Crippen LogP) is 1.21. The molecule has 2 rings (SSSR count). The van der Waals surface area contributed by atoms with E-state index < -0.39 is 6.04 Å². The highest BCUT2D eigenvalue weighted by Crippen LogP contribution is 2.15. The third-order valence-corrected chi connectivity index (χ3v) is 4.07. The Kier molecular flexibility index (Phi) is 7.46. The molecular formula is C18H29N3O4. The van der Waals surface area contributed by atoms with Crippen molar-refractivity contribution in [1.82, 2.24) is 15.5 Å². The van der Waals surface area contributed by atoms with Crippen molar-refractivity contribution in [3.8, 4) is 0 Å². The van der Waals surface area contributed by atoms with Gasteiger partial charge < -0.3 is 19.8 Å². The highest BCUT2D eigenvalue weighted by Gasteiger charge is 2.32. The van der Waals surface area contributed by atoms with Crippen molar-refractivity contribution in [3.05, 3.63) is 23.7 Å². The maximum absolute atomic E-state index is 12.2. The normalized spacial score (nSPS) is 18.4. The lowest BCUT2D eigenvalue weighted by Crippen LogP contribution is -2.56. The number of nitrogens with zero attached hydrogens (tertiary/aromatic N) is 1. The fourth-order valence-corrected chi connectivity index (χ4v) is 2.81. The molecule has 0 aliphatic carbocycles. The number of hydrogen-bond donors (Lipinski definition) is 2. The minimum atomic E-state index is -0.467. The molecule has 1 aromatic heterocycles. The minimum Gasteiger partial charge on any atom is -0.465 e. The highest BCUT2D eigenvalue weighted by molar-refractivity contribution is 5.88. The van der Waals surface area contributed by atoms with E-state index >= 15 is 0 Å². The summed E-state index contributed by atoms with van der Waals surface area (Å²) < 4.78 is 11.0. The van der Waals surface area contributed by atoms with Gasteiger partial charge in [0.25, 0.3) is 0 Å². The van der Waals surface area contributed by atoms with Crippen LogP contribution in [-0.4, -0.2) is 55.1 Å². The first-order chi connectivity index (χ1) is 12.0. The van der Waals surface area contributed by atoms with Crippen LogP contribution in [-0.2, 0) is 20.9 Å². The Balaban J connectivity index is 1.81.